The summed E-state index contributed by atoms with van der Waals surface area (Å²) in [6.45, 7) is 2.61. The minimum Gasteiger partial charge on any atom is -0.368 e. The highest BCUT2D eigenvalue weighted by atomic mass is 19.1. The van der Waals surface area contributed by atoms with Gasteiger partial charge in [-0.15, -0.1) is 15.3 Å². The molecule has 6 heteroatoms. The van der Waals surface area contributed by atoms with Gasteiger partial charge in [0.2, 0.25) is 0 Å². The molecule has 1 aliphatic carbocycles. The molecule has 2 aromatic heterocycles. The van der Waals surface area contributed by atoms with Gasteiger partial charge in [-0.25, -0.2) is 4.39 Å². The molecule has 4 rings (SSSR count). The summed E-state index contributed by atoms with van der Waals surface area (Å²) in [6, 6.07) is 10.7. The molecule has 0 saturated heterocycles. The first-order valence-corrected chi connectivity index (χ1v) is 7.35. The predicted molar refractivity (Wildman–Crippen MR) is 81.3 cm³/mol. The minimum atomic E-state index is -0.177. The van der Waals surface area contributed by atoms with Crippen LogP contribution in [-0.2, 0) is 5.41 Å². The first kappa shape index (κ1) is 13.2. The largest absolute Gasteiger partial charge is 0.368 e. The molecule has 1 N–H and O–H groups in total. The average Bonchev–Trinajstić information content (AvgIpc) is 3.24. The van der Waals surface area contributed by atoms with Gasteiger partial charge in [0.1, 0.15) is 11.6 Å². The minimum absolute atomic E-state index is 0.0287. The molecule has 1 fully saturated rings. The van der Waals surface area contributed by atoms with E-state index in [2.05, 4.69) is 20.6 Å². The zero-order chi connectivity index (χ0) is 15.2. The second kappa shape index (κ2) is 4.76. The van der Waals surface area contributed by atoms with E-state index in [1.54, 1.807) is 16.6 Å². The molecule has 112 valence electrons. The van der Waals surface area contributed by atoms with Crippen molar-refractivity contribution in [3.8, 4) is 0 Å². The van der Waals surface area contributed by atoms with Crippen LogP contribution in [0.25, 0.3) is 5.65 Å². The first-order chi connectivity index (χ1) is 10.7. The lowest BCUT2D eigenvalue weighted by atomic mass is 9.96. The van der Waals surface area contributed by atoms with E-state index >= 15 is 0 Å². The maximum atomic E-state index is 13.4. The summed E-state index contributed by atoms with van der Waals surface area (Å²) >= 11 is 0. The van der Waals surface area contributed by atoms with Gasteiger partial charge < -0.3 is 5.32 Å². The van der Waals surface area contributed by atoms with Crippen LogP contribution in [0, 0.1) is 12.7 Å². The van der Waals surface area contributed by atoms with Gasteiger partial charge in [0.05, 0.1) is 0 Å². The molecule has 0 amide bonds. The molecule has 5 nitrogen and oxygen atoms in total. The first-order valence-electron chi connectivity index (χ1n) is 7.35. The number of hydrogen-bond donors (Lipinski definition) is 1. The smallest absolute Gasteiger partial charge is 0.178 e. The molecule has 1 aromatic carbocycles. The van der Waals surface area contributed by atoms with Crippen molar-refractivity contribution in [2.45, 2.75) is 25.2 Å². The van der Waals surface area contributed by atoms with Gasteiger partial charge in [-0.1, -0.05) is 12.1 Å². The fourth-order valence-electron chi connectivity index (χ4n) is 2.79. The van der Waals surface area contributed by atoms with Crippen molar-refractivity contribution in [2.75, 3.05) is 11.9 Å². The average molecular weight is 297 g/mol. The summed E-state index contributed by atoms with van der Waals surface area (Å²) in [4.78, 5) is 0. The van der Waals surface area contributed by atoms with Crippen molar-refractivity contribution < 1.29 is 4.39 Å². The summed E-state index contributed by atoms with van der Waals surface area (Å²) in [5.41, 5.74) is 1.82. The molecule has 1 saturated carbocycles. The van der Waals surface area contributed by atoms with E-state index in [4.69, 9.17) is 0 Å². The van der Waals surface area contributed by atoms with E-state index in [0.29, 0.717) is 0 Å². The van der Waals surface area contributed by atoms with E-state index < -0.39 is 0 Å². The normalized spacial score (nSPS) is 15.9. The Kier molecular flexibility index (Phi) is 2.85. The van der Waals surface area contributed by atoms with Gasteiger partial charge in [0.15, 0.2) is 11.5 Å². The van der Waals surface area contributed by atoms with Crippen LogP contribution in [0.1, 0.15) is 24.2 Å². The van der Waals surface area contributed by atoms with E-state index in [1.807, 2.05) is 25.1 Å². The number of rotatable bonds is 4. The Bertz CT molecular complexity index is 837. The second-order valence-electron chi connectivity index (χ2n) is 5.88. The second-order valence-corrected chi connectivity index (χ2v) is 5.88. The Morgan fingerprint density at radius 1 is 1.23 bits per heavy atom. The number of nitrogens with zero attached hydrogens (tertiary/aromatic N) is 4. The Labute approximate surface area is 127 Å². The summed E-state index contributed by atoms with van der Waals surface area (Å²) in [6.07, 6.45) is 2.13. The third kappa shape index (κ3) is 2.20. The fourth-order valence-corrected chi connectivity index (χ4v) is 2.79. The number of halogens is 1. The number of nitrogens with one attached hydrogen (secondary N) is 1. The molecule has 0 spiro atoms. The summed E-state index contributed by atoms with van der Waals surface area (Å²) < 4.78 is 15.1. The van der Waals surface area contributed by atoms with Crippen molar-refractivity contribution in [2.24, 2.45) is 0 Å². The van der Waals surface area contributed by atoms with Gasteiger partial charge in [-0.2, -0.15) is 4.52 Å². The van der Waals surface area contributed by atoms with Crippen molar-refractivity contribution in [1.29, 1.82) is 0 Å². The van der Waals surface area contributed by atoms with E-state index in [-0.39, 0.29) is 11.2 Å². The predicted octanol–water partition coefficient (Wildman–Crippen LogP) is 2.72. The third-order valence-corrected chi connectivity index (χ3v) is 4.32. The standard InChI is InChI=1S/C16H16FN5/c1-11-19-20-15-6-5-14(21-22(11)15)18-10-16(7-8-16)12-3-2-4-13(17)9-12/h2-6,9H,7-8,10H2,1H3,(H,18,21). The highest BCUT2D eigenvalue weighted by Gasteiger charge is 2.44. The maximum absolute atomic E-state index is 13.4. The zero-order valence-electron chi connectivity index (χ0n) is 12.3. The monoisotopic (exact) mass is 297 g/mol. The van der Waals surface area contributed by atoms with E-state index in [0.717, 1.165) is 42.2 Å². The quantitative estimate of drug-likeness (QED) is 0.804. The Morgan fingerprint density at radius 3 is 2.86 bits per heavy atom. The van der Waals surface area contributed by atoms with E-state index in [1.165, 1.54) is 6.07 Å². The number of benzene rings is 1. The van der Waals surface area contributed by atoms with Crippen LogP contribution in [0.2, 0.25) is 0 Å². The van der Waals surface area contributed by atoms with Gasteiger partial charge >= 0.3 is 0 Å². The molecule has 0 atom stereocenters. The molecule has 0 radical (unpaired) electrons. The van der Waals surface area contributed by atoms with Gasteiger partial charge in [0, 0.05) is 12.0 Å². The van der Waals surface area contributed by atoms with Crippen LogP contribution in [0.5, 0.6) is 0 Å². The molecular weight excluding hydrogens is 281 g/mol. The Hall–Kier alpha value is -2.50. The maximum Gasteiger partial charge on any atom is 0.178 e. The molecule has 0 bridgehead atoms. The number of aromatic nitrogens is 4. The zero-order valence-corrected chi connectivity index (χ0v) is 12.3. The molecule has 22 heavy (non-hydrogen) atoms. The van der Waals surface area contributed by atoms with Crippen LogP contribution in [0.3, 0.4) is 0 Å². The van der Waals surface area contributed by atoms with Crippen molar-refractivity contribution >= 4 is 11.5 Å². The van der Waals surface area contributed by atoms with Crippen LogP contribution in [-0.4, -0.2) is 26.4 Å². The third-order valence-electron chi connectivity index (χ3n) is 4.32. The van der Waals surface area contributed by atoms with Gasteiger partial charge in [-0.3, -0.25) is 0 Å². The Balaban J connectivity index is 1.55. The Morgan fingerprint density at radius 2 is 2.09 bits per heavy atom. The lowest BCUT2D eigenvalue weighted by Gasteiger charge is -2.17. The number of aryl methyl sites for hydroxylation is 1. The van der Waals surface area contributed by atoms with Crippen LogP contribution >= 0.6 is 0 Å². The van der Waals surface area contributed by atoms with Crippen molar-refractivity contribution in [3.05, 3.63) is 53.6 Å². The van der Waals surface area contributed by atoms with Crippen molar-refractivity contribution in [3.63, 3.8) is 0 Å². The van der Waals surface area contributed by atoms with Crippen LogP contribution in [0.15, 0.2) is 36.4 Å². The van der Waals surface area contributed by atoms with Crippen LogP contribution in [0.4, 0.5) is 10.2 Å². The molecule has 0 unspecified atom stereocenters. The molecule has 2 heterocycles. The molecule has 1 aliphatic rings. The van der Waals surface area contributed by atoms with Crippen LogP contribution < -0.4 is 5.32 Å². The number of fused-ring (bicyclic) bond motifs is 1. The fraction of sp³-hybridized carbons (Fsp3) is 0.312. The SMILES string of the molecule is Cc1nnc2ccc(NCC3(c4cccc(F)c4)CC3)nn12. The van der Waals surface area contributed by atoms with Crippen molar-refractivity contribution in [1.82, 2.24) is 19.8 Å². The number of hydrogen-bond acceptors (Lipinski definition) is 4. The highest BCUT2D eigenvalue weighted by Crippen LogP contribution is 2.48. The summed E-state index contributed by atoms with van der Waals surface area (Å²) in [7, 11) is 0. The van der Waals surface area contributed by atoms with Gasteiger partial charge in [0.25, 0.3) is 0 Å². The molecular formula is C16H16FN5. The molecule has 0 aliphatic heterocycles. The van der Waals surface area contributed by atoms with E-state index in [9.17, 15) is 4.39 Å². The lowest BCUT2D eigenvalue weighted by Crippen LogP contribution is -2.20. The summed E-state index contributed by atoms with van der Waals surface area (Å²) in [5, 5.41) is 15.9. The number of anilines is 1. The topological polar surface area (TPSA) is 55.1 Å². The van der Waals surface area contributed by atoms with Gasteiger partial charge in [-0.05, 0) is 49.6 Å². The highest BCUT2D eigenvalue weighted by molar-refractivity contribution is 5.45. The summed E-state index contributed by atoms with van der Waals surface area (Å²) in [5.74, 6) is 1.35. The lowest BCUT2D eigenvalue weighted by molar-refractivity contribution is 0.618. The molecule has 3 aromatic rings.